The highest BCUT2D eigenvalue weighted by molar-refractivity contribution is 6.39. The smallest absolute Gasteiger partial charge is 0.339 e. The van der Waals surface area contributed by atoms with Crippen LogP contribution in [0.2, 0.25) is 10.0 Å². The normalized spacial score (nSPS) is 10.7. The Morgan fingerprint density at radius 2 is 1.58 bits per heavy atom. The molecule has 4 aromatic rings. The molecule has 31 heavy (non-hydrogen) atoms. The molecule has 2 heterocycles. The van der Waals surface area contributed by atoms with Crippen LogP contribution in [0.3, 0.4) is 0 Å². The summed E-state index contributed by atoms with van der Waals surface area (Å²) in [7, 11) is 1.34. The van der Waals surface area contributed by atoms with Gasteiger partial charge in [0.1, 0.15) is 0 Å². The minimum absolute atomic E-state index is 0.178. The molecule has 0 bridgehead atoms. The molecule has 0 radical (unpaired) electrons. The molecule has 4 rings (SSSR count). The van der Waals surface area contributed by atoms with Crippen molar-refractivity contribution in [1.29, 1.82) is 0 Å². The zero-order chi connectivity index (χ0) is 22.7. The molecule has 0 saturated heterocycles. The van der Waals surface area contributed by atoms with Crippen LogP contribution in [0.4, 0.5) is 0 Å². The molecule has 8 heteroatoms. The molecule has 162 valence electrons. The minimum Gasteiger partial charge on any atom is -0.478 e. The summed E-state index contributed by atoms with van der Waals surface area (Å²) in [6, 6.07) is 7.04. The molecular formula is C23H22Cl2N2O4. The van der Waals surface area contributed by atoms with E-state index in [-0.39, 0.29) is 5.56 Å². The topological polar surface area (TPSA) is 95.2 Å². The average molecular weight is 461 g/mol. The van der Waals surface area contributed by atoms with Gasteiger partial charge in [-0.1, -0.05) is 36.5 Å². The second-order valence-corrected chi connectivity index (χ2v) is 7.79. The molecule has 0 aliphatic heterocycles. The number of ether oxygens (including phenoxy) is 1. The maximum Gasteiger partial charge on any atom is 0.339 e. The lowest BCUT2D eigenvalue weighted by molar-refractivity contribution is 0.0600. The van der Waals surface area contributed by atoms with Crippen molar-refractivity contribution in [3.8, 4) is 0 Å². The largest absolute Gasteiger partial charge is 0.478 e. The van der Waals surface area contributed by atoms with Crippen molar-refractivity contribution in [2.24, 2.45) is 0 Å². The number of nitrogens with one attached hydrogen (secondary N) is 2. The van der Waals surface area contributed by atoms with E-state index in [1.807, 2.05) is 19.1 Å². The van der Waals surface area contributed by atoms with Gasteiger partial charge in [0, 0.05) is 28.7 Å². The van der Waals surface area contributed by atoms with Crippen molar-refractivity contribution in [2.75, 3.05) is 7.11 Å². The van der Waals surface area contributed by atoms with Gasteiger partial charge < -0.3 is 19.8 Å². The van der Waals surface area contributed by atoms with Gasteiger partial charge >= 0.3 is 11.9 Å². The van der Waals surface area contributed by atoms with Crippen LogP contribution < -0.4 is 0 Å². The van der Waals surface area contributed by atoms with E-state index in [9.17, 15) is 9.59 Å². The Labute approximate surface area is 189 Å². The van der Waals surface area contributed by atoms with Crippen molar-refractivity contribution < 1.29 is 19.4 Å². The van der Waals surface area contributed by atoms with Crippen LogP contribution in [0.25, 0.3) is 21.8 Å². The van der Waals surface area contributed by atoms with E-state index in [4.69, 9.17) is 28.3 Å². The first-order chi connectivity index (χ1) is 14.8. The van der Waals surface area contributed by atoms with Crippen molar-refractivity contribution >= 4 is 56.9 Å². The fraction of sp³-hybridized carbons (Fsp3) is 0.217. The molecule has 2 aromatic carbocycles. The van der Waals surface area contributed by atoms with E-state index < -0.39 is 11.9 Å². The standard InChI is InChI=1S/C12H12ClNO2.C11H10ClNO2/c1-2-3-7-6-9(12(15)16)10(13)8-4-5-14-11(7)8;1-6-5-8(11(14)15-2)9(12)7-3-4-13-10(6)7/h4-6,14H,2-3H2,1H3,(H,15,16);3-5,13H,1-2H3. The van der Waals surface area contributed by atoms with E-state index >= 15 is 0 Å². The van der Waals surface area contributed by atoms with Crippen LogP contribution >= 0.6 is 23.2 Å². The number of aromatic nitrogens is 2. The third-order valence-electron chi connectivity index (χ3n) is 4.99. The van der Waals surface area contributed by atoms with Gasteiger partial charge in [-0.15, -0.1) is 0 Å². The highest BCUT2D eigenvalue weighted by Gasteiger charge is 2.16. The van der Waals surface area contributed by atoms with Gasteiger partial charge in [-0.25, -0.2) is 9.59 Å². The Hall–Kier alpha value is -2.96. The van der Waals surface area contributed by atoms with E-state index in [0.29, 0.717) is 15.6 Å². The summed E-state index contributed by atoms with van der Waals surface area (Å²) in [5.74, 6) is -1.39. The highest BCUT2D eigenvalue weighted by atomic mass is 35.5. The molecular weight excluding hydrogens is 439 g/mol. The summed E-state index contributed by atoms with van der Waals surface area (Å²) in [4.78, 5) is 28.7. The molecule has 0 saturated carbocycles. The fourth-order valence-electron chi connectivity index (χ4n) is 3.53. The minimum atomic E-state index is -0.981. The monoisotopic (exact) mass is 460 g/mol. The van der Waals surface area contributed by atoms with Crippen molar-refractivity contribution in [3.05, 3.63) is 69.0 Å². The maximum atomic E-state index is 11.4. The van der Waals surface area contributed by atoms with Crippen molar-refractivity contribution in [1.82, 2.24) is 9.97 Å². The van der Waals surface area contributed by atoms with Gasteiger partial charge in [-0.05, 0) is 48.7 Å². The summed E-state index contributed by atoms with van der Waals surface area (Å²) >= 11 is 12.2. The number of rotatable bonds is 4. The number of benzene rings is 2. The SMILES string of the molecule is CCCc1cc(C(=O)O)c(Cl)c2cc[nH]c12.COC(=O)c1cc(C)c2[nH]ccc2c1Cl. The first-order valence-corrected chi connectivity index (χ1v) is 10.4. The summed E-state index contributed by atoms with van der Waals surface area (Å²) < 4.78 is 4.66. The number of carbonyl (C=O) groups excluding carboxylic acids is 1. The second-order valence-electron chi connectivity index (χ2n) is 7.03. The number of carbonyl (C=O) groups is 2. The number of fused-ring (bicyclic) bond motifs is 2. The van der Waals surface area contributed by atoms with Crippen LogP contribution in [-0.2, 0) is 11.2 Å². The number of aryl methyl sites for hydroxylation is 2. The number of carboxylic acid groups (broad SMARTS) is 1. The summed E-state index contributed by atoms with van der Waals surface area (Å²) in [5, 5.41) is 11.4. The number of carboxylic acids is 1. The molecule has 6 nitrogen and oxygen atoms in total. The Morgan fingerprint density at radius 1 is 1.00 bits per heavy atom. The Balaban J connectivity index is 0.000000176. The van der Waals surface area contributed by atoms with Crippen molar-refractivity contribution in [2.45, 2.75) is 26.7 Å². The Morgan fingerprint density at radius 3 is 2.16 bits per heavy atom. The summed E-state index contributed by atoms with van der Waals surface area (Å²) in [5.41, 5.74) is 4.45. The average Bonchev–Trinajstić information content (AvgIpc) is 3.43. The van der Waals surface area contributed by atoms with E-state index in [1.54, 1.807) is 24.5 Å². The quantitative estimate of drug-likeness (QED) is 0.307. The molecule has 0 aliphatic carbocycles. The molecule has 0 spiro atoms. The zero-order valence-corrected chi connectivity index (χ0v) is 18.8. The third kappa shape index (κ3) is 4.40. The highest BCUT2D eigenvalue weighted by Crippen LogP contribution is 2.31. The number of hydrogen-bond donors (Lipinski definition) is 3. The van der Waals surface area contributed by atoms with Gasteiger partial charge in [0.25, 0.3) is 0 Å². The number of aromatic amines is 2. The zero-order valence-electron chi connectivity index (χ0n) is 17.3. The Kier molecular flexibility index (Phi) is 6.93. The van der Waals surface area contributed by atoms with Crippen molar-refractivity contribution in [3.63, 3.8) is 0 Å². The number of esters is 1. The number of hydrogen-bond acceptors (Lipinski definition) is 3. The molecule has 0 unspecified atom stereocenters. The van der Waals surface area contributed by atoms with E-state index in [0.717, 1.165) is 45.8 Å². The lowest BCUT2D eigenvalue weighted by Gasteiger charge is -2.06. The fourth-order valence-corrected chi connectivity index (χ4v) is 4.11. The predicted octanol–water partition coefficient (Wildman–Crippen LogP) is 6.39. The van der Waals surface area contributed by atoms with Gasteiger partial charge in [0.05, 0.1) is 33.8 Å². The van der Waals surface area contributed by atoms with E-state index in [1.165, 1.54) is 7.11 Å². The lowest BCUT2D eigenvalue weighted by Crippen LogP contribution is -2.02. The van der Waals surface area contributed by atoms with Crippen LogP contribution in [0.5, 0.6) is 0 Å². The molecule has 0 fully saturated rings. The van der Waals surface area contributed by atoms with E-state index in [2.05, 4.69) is 21.6 Å². The maximum absolute atomic E-state index is 11.4. The Bertz CT molecular complexity index is 1270. The van der Waals surface area contributed by atoms with Gasteiger partial charge in [-0.3, -0.25) is 0 Å². The van der Waals surface area contributed by atoms with Crippen LogP contribution in [0.15, 0.2) is 36.7 Å². The summed E-state index contributed by atoms with van der Waals surface area (Å²) in [6.07, 6.45) is 5.38. The van der Waals surface area contributed by atoms with Crippen LogP contribution in [0.1, 0.15) is 45.2 Å². The van der Waals surface area contributed by atoms with Gasteiger partial charge in [-0.2, -0.15) is 0 Å². The van der Waals surface area contributed by atoms with Gasteiger partial charge in [0.15, 0.2) is 0 Å². The number of halogens is 2. The molecule has 0 atom stereocenters. The second kappa shape index (κ2) is 9.45. The number of methoxy groups -OCH3 is 1. The third-order valence-corrected chi connectivity index (χ3v) is 5.80. The lowest BCUT2D eigenvalue weighted by atomic mass is 10.0. The molecule has 0 aliphatic rings. The molecule has 3 N–H and O–H groups in total. The first-order valence-electron chi connectivity index (χ1n) is 9.66. The summed E-state index contributed by atoms with van der Waals surface area (Å²) in [6.45, 7) is 3.98. The van der Waals surface area contributed by atoms with Crippen LogP contribution in [0, 0.1) is 6.92 Å². The number of H-pyrrole nitrogens is 2. The number of aromatic carboxylic acids is 1. The van der Waals surface area contributed by atoms with Crippen LogP contribution in [-0.4, -0.2) is 34.1 Å². The first kappa shape index (κ1) is 22.7. The molecule has 2 aromatic heterocycles. The van der Waals surface area contributed by atoms with Gasteiger partial charge in [0.2, 0.25) is 0 Å². The molecule has 0 amide bonds. The predicted molar refractivity (Wildman–Crippen MR) is 124 cm³/mol.